The molecule has 0 N–H and O–H groups in total. The first kappa shape index (κ1) is 12.2. The first-order chi connectivity index (χ1) is 9.24. The van der Waals surface area contributed by atoms with E-state index < -0.39 is 0 Å². The standard InChI is InChI=1S/C15H19N3O/c1-11-5-6-18(15-16-9-12(2)10-17-15)13(8-11)14-4-3-7-19-14/h3-4,7,9-11,13H,5-6,8H2,1-2H3. The minimum absolute atomic E-state index is 0.251. The van der Waals surface area contributed by atoms with Crippen molar-refractivity contribution in [3.8, 4) is 0 Å². The van der Waals surface area contributed by atoms with Crippen molar-refractivity contribution in [3.63, 3.8) is 0 Å². The molecule has 0 aliphatic carbocycles. The first-order valence-corrected chi connectivity index (χ1v) is 6.82. The van der Waals surface area contributed by atoms with Crippen LogP contribution in [-0.4, -0.2) is 16.5 Å². The van der Waals surface area contributed by atoms with E-state index in [-0.39, 0.29) is 6.04 Å². The van der Waals surface area contributed by atoms with Gasteiger partial charge in [-0.1, -0.05) is 6.92 Å². The van der Waals surface area contributed by atoms with Crippen molar-refractivity contribution in [1.82, 2.24) is 9.97 Å². The van der Waals surface area contributed by atoms with Crippen LogP contribution in [-0.2, 0) is 0 Å². The highest BCUT2D eigenvalue weighted by atomic mass is 16.3. The summed E-state index contributed by atoms with van der Waals surface area (Å²) in [6.07, 6.45) is 7.75. The van der Waals surface area contributed by atoms with E-state index in [1.807, 2.05) is 31.5 Å². The topological polar surface area (TPSA) is 42.2 Å². The van der Waals surface area contributed by atoms with Gasteiger partial charge in [0.15, 0.2) is 0 Å². The SMILES string of the molecule is Cc1cnc(N2CCC(C)CC2c2ccco2)nc1. The summed E-state index contributed by atoms with van der Waals surface area (Å²) >= 11 is 0. The molecule has 1 saturated heterocycles. The van der Waals surface area contributed by atoms with Gasteiger partial charge < -0.3 is 9.32 Å². The molecular formula is C15H19N3O. The van der Waals surface area contributed by atoms with Crippen LogP contribution < -0.4 is 4.90 Å². The Labute approximate surface area is 113 Å². The normalized spacial score (nSPS) is 23.6. The van der Waals surface area contributed by atoms with Crippen LogP contribution in [0.3, 0.4) is 0 Å². The molecule has 4 heteroatoms. The minimum atomic E-state index is 0.251. The summed E-state index contributed by atoms with van der Waals surface area (Å²) in [7, 11) is 0. The zero-order valence-corrected chi connectivity index (χ0v) is 11.4. The lowest BCUT2D eigenvalue weighted by molar-refractivity contribution is 0.325. The molecule has 19 heavy (non-hydrogen) atoms. The van der Waals surface area contributed by atoms with Gasteiger partial charge in [0, 0.05) is 18.9 Å². The van der Waals surface area contributed by atoms with E-state index >= 15 is 0 Å². The number of furan rings is 1. The molecule has 0 radical (unpaired) electrons. The maximum atomic E-state index is 5.60. The van der Waals surface area contributed by atoms with Gasteiger partial charge in [-0.25, -0.2) is 9.97 Å². The molecule has 1 aliphatic heterocycles. The number of rotatable bonds is 2. The summed E-state index contributed by atoms with van der Waals surface area (Å²) in [5, 5.41) is 0. The number of anilines is 1. The van der Waals surface area contributed by atoms with Crippen molar-refractivity contribution >= 4 is 5.95 Å². The Hall–Kier alpha value is -1.84. The molecule has 2 unspecified atom stereocenters. The fourth-order valence-corrected chi connectivity index (χ4v) is 2.67. The average molecular weight is 257 g/mol. The Morgan fingerprint density at radius 2 is 2.11 bits per heavy atom. The second-order valence-electron chi connectivity index (χ2n) is 5.41. The van der Waals surface area contributed by atoms with E-state index in [9.17, 15) is 0 Å². The van der Waals surface area contributed by atoms with Crippen LogP contribution >= 0.6 is 0 Å². The van der Waals surface area contributed by atoms with Crippen molar-refractivity contribution in [2.45, 2.75) is 32.7 Å². The second kappa shape index (κ2) is 5.03. The van der Waals surface area contributed by atoms with E-state index in [0.29, 0.717) is 5.92 Å². The summed E-state index contributed by atoms with van der Waals surface area (Å²) < 4.78 is 5.60. The van der Waals surface area contributed by atoms with Crippen molar-refractivity contribution in [1.29, 1.82) is 0 Å². The highest BCUT2D eigenvalue weighted by Gasteiger charge is 2.30. The average Bonchev–Trinajstić information content (AvgIpc) is 2.94. The van der Waals surface area contributed by atoms with Gasteiger partial charge in [0.25, 0.3) is 0 Å². The molecule has 0 aromatic carbocycles. The van der Waals surface area contributed by atoms with Gasteiger partial charge in [0.1, 0.15) is 5.76 Å². The van der Waals surface area contributed by atoms with Crippen molar-refractivity contribution in [2.75, 3.05) is 11.4 Å². The summed E-state index contributed by atoms with van der Waals surface area (Å²) in [6.45, 7) is 5.28. The summed E-state index contributed by atoms with van der Waals surface area (Å²) in [5.41, 5.74) is 1.09. The fourth-order valence-electron chi connectivity index (χ4n) is 2.67. The lowest BCUT2D eigenvalue weighted by Gasteiger charge is -2.37. The summed E-state index contributed by atoms with van der Waals surface area (Å²) in [6, 6.07) is 4.24. The molecule has 0 bridgehead atoms. The van der Waals surface area contributed by atoms with E-state index in [1.54, 1.807) is 6.26 Å². The van der Waals surface area contributed by atoms with Gasteiger partial charge >= 0.3 is 0 Å². The molecule has 2 aromatic rings. The lowest BCUT2D eigenvalue weighted by atomic mass is 9.91. The predicted octanol–water partition coefficient (Wildman–Crippen LogP) is 3.36. The molecule has 0 spiro atoms. The van der Waals surface area contributed by atoms with E-state index in [0.717, 1.165) is 30.2 Å². The molecule has 0 amide bonds. The first-order valence-electron chi connectivity index (χ1n) is 6.82. The summed E-state index contributed by atoms with van der Waals surface area (Å²) in [5.74, 6) is 2.52. The zero-order valence-electron chi connectivity index (χ0n) is 11.4. The smallest absolute Gasteiger partial charge is 0.225 e. The minimum Gasteiger partial charge on any atom is -0.467 e. The van der Waals surface area contributed by atoms with Crippen LogP contribution in [0.25, 0.3) is 0 Å². The predicted molar refractivity (Wildman–Crippen MR) is 74.0 cm³/mol. The van der Waals surface area contributed by atoms with Crippen LogP contribution in [0.1, 0.15) is 37.1 Å². The third-order valence-corrected chi connectivity index (χ3v) is 3.76. The van der Waals surface area contributed by atoms with Gasteiger partial charge in [-0.2, -0.15) is 0 Å². The van der Waals surface area contributed by atoms with Gasteiger partial charge in [-0.15, -0.1) is 0 Å². The molecule has 1 fully saturated rings. The third-order valence-electron chi connectivity index (χ3n) is 3.76. The zero-order chi connectivity index (χ0) is 13.2. The van der Waals surface area contributed by atoms with Gasteiger partial charge in [-0.3, -0.25) is 0 Å². The Morgan fingerprint density at radius 1 is 1.32 bits per heavy atom. The van der Waals surface area contributed by atoms with E-state index in [4.69, 9.17) is 4.42 Å². The highest BCUT2D eigenvalue weighted by molar-refractivity contribution is 5.35. The highest BCUT2D eigenvalue weighted by Crippen LogP contribution is 2.36. The summed E-state index contributed by atoms with van der Waals surface area (Å²) in [4.78, 5) is 11.2. The number of aryl methyl sites for hydroxylation is 1. The second-order valence-corrected chi connectivity index (χ2v) is 5.41. The number of hydrogen-bond donors (Lipinski definition) is 0. The molecule has 4 nitrogen and oxygen atoms in total. The Bertz CT molecular complexity index is 521. The molecule has 0 saturated carbocycles. The number of aromatic nitrogens is 2. The van der Waals surface area contributed by atoms with Crippen molar-refractivity contribution in [3.05, 3.63) is 42.1 Å². The van der Waals surface area contributed by atoms with Gasteiger partial charge in [0.2, 0.25) is 5.95 Å². The molecule has 3 heterocycles. The third kappa shape index (κ3) is 2.48. The maximum Gasteiger partial charge on any atom is 0.225 e. The van der Waals surface area contributed by atoms with Crippen LogP contribution in [0, 0.1) is 12.8 Å². The van der Waals surface area contributed by atoms with Crippen LogP contribution in [0.15, 0.2) is 35.2 Å². The van der Waals surface area contributed by atoms with Gasteiger partial charge in [-0.05, 0) is 43.4 Å². The van der Waals surface area contributed by atoms with Crippen molar-refractivity contribution < 1.29 is 4.42 Å². The maximum absolute atomic E-state index is 5.60. The number of nitrogens with zero attached hydrogens (tertiary/aromatic N) is 3. The molecule has 3 rings (SSSR count). The quantitative estimate of drug-likeness (QED) is 0.827. The monoisotopic (exact) mass is 257 g/mol. The fraction of sp³-hybridized carbons (Fsp3) is 0.467. The molecule has 2 atom stereocenters. The molecule has 1 aliphatic rings. The Morgan fingerprint density at radius 3 is 2.79 bits per heavy atom. The lowest BCUT2D eigenvalue weighted by Crippen LogP contribution is -2.37. The van der Waals surface area contributed by atoms with E-state index in [2.05, 4.69) is 21.8 Å². The molecule has 2 aromatic heterocycles. The Balaban J connectivity index is 1.91. The number of piperidine rings is 1. The molecule has 100 valence electrons. The molecular weight excluding hydrogens is 238 g/mol. The largest absolute Gasteiger partial charge is 0.467 e. The van der Waals surface area contributed by atoms with Gasteiger partial charge in [0.05, 0.1) is 12.3 Å². The van der Waals surface area contributed by atoms with Crippen LogP contribution in [0.5, 0.6) is 0 Å². The van der Waals surface area contributed by atoms with E-state index in [1.165, 1.54) is 6.42 Å². The number of hydrogen-bond acceptors (Lipinski definition) is 4. The van der Waals surface area contributed by atoms with Crippen LogP contribution in [0.4, 0.5) is 5.95 Å². The van der Waals surface area contributed by atoms with Crippen molar-refractivity contribution in [2.24, 2.45) is 5.92 Å². The Kier molecular flexibility index (Phi) is 3.23. The van der Waals surface area contributed by atoms with Crippen LogP contribution in [0.2, 0.25) is 0 Å².